The molecule has 0 bridgehead atoms. The molecule has 140 valence electrons. The van der Waals surface area contributed by atoms with Crippen LogP contribution in [0.15, 0.2) is 24.3 Å². The van der Waals surface area contributed by atoms with Crippen LogP contribution in [0.25, 0.3) is 0 Å². The maximum absolute atomic E-state index is 12.4. The van der Waals surface area contributed by atoms with Gasteiger partial charge in [0.05, 0.1) is 26.7 Å². The average Bonchev–Trinajstić information content (AvgIpc) is 2.60. The van der Waals surface area contributed by atoms with Crippen LogP contribution < -0.4 is 10.1 Å². The largest absolute Gasteiger partial charge is 0.497 e. The van der Waals surface area contributed by atoms with Crippen molar-refractivity contribution in [3.8, 4) is 5.75 Å². The minimum Gasteiger partial charge on any atom is -0.497 e. The summed E-state index contributed by atoms with van der Waals surface area (Å²) >= 11 is 0. The lowest BCUT2D eigenvalue weighted by atomic mass is 9.79. The number of benzene rings is 1. The van der Waals surface area contributed by atoms with E-state index in [1.54, 1.807) is 21.0 Å². The highest BCUT2D eigenvalue weighted by Gasteiger charge is 2.41. The van der Waals surface area contributed by atoms with Crippen molar-refractivity contribution in [2.75, 3.05) is 21.3 Å². The molecule has 0 fully saturated rings. The van der Waals surface area contributed by atoms with E-state index in [2.05, 4.69) is 5.32 Å². The summed E-state index contributed by atoms with van der Waals surface area (Å²) in [6.45, 7) is 7.42. The lowest BCUT2D eigenvalue weighted by Gasteiger charge is -2.36. The van der Waals surface area contributed by atoms with Crippen LogP contribution in [0.1, 0.15) is 39.3 Å². The molecule has 0 aliphatic rings. The summed E-state index contributed by atoms with van der Waals surface area (Å²) in [5, 5.41) is 3.30. The highest BCUT2D eigenvalue weighted by atomic mass is 16.5. The molecule has 1 N–H and O–H groups in total. The van der Waals surface area contributed by atoms with Crippen LogP contribution in [0.2, 0.25) is 0 Å². The normalized spacial score (nSPS) is 13.9. The van der Waals surface area contributed by atoms with Crippen LogP contribution in [0.5, 0.6) is 5.75 Å². The van der Waals surface area contributed by atoms with Gasteiger partial charge in [-0.1, -0.05) is 26.0 Å². The van der Waals surface area contributed by atoms with E-state index < -0.39 is 17.5 Å². The molecule has 6 heteroatoms. The number of hydrogen-bond acceptors (Lipinski definition) is 6. The Morgan fingerprint density at radius 3 is 1.96 bits per heavy atom. The number of methoxy groups -OCH3 is 3. The number of hydrogen-bond donors (Lipinski definition) is 1. The Balaban J connectivity index is 3.31. The lowest BCUT2D eigenvalue weighted by Crippen LogP contribution is -2.49. The second-order valence-electron chi connectivity index (χ2n) is 6.83. The Bertz CT molecular complexity index is 580. The second-order valence-corrected chi connectivity index (χ2v) is 6.83. The molecule has 0 amide bonds. The third kappa shape index (κ3) is 4.95. The van der Waals surface area contributed by atoms with Gasteiger partial charge in [-0.3, -0.25) is 14.9 Å². The molecule has 0 saturated carbocycles. The summed E-state index contributed by atoms with van der Waals surface area (Å²) in [6, 6.07) is 6.38. The molecule has 0 saturated heterocycles. The van der Waals surface area contributed by atoms with Gasteiger partial charge in [-0.2, -0.15) is 0 Å². The number of esters is 2. The number of carbonyl (C=O) groups excluding carboxylic acids is 2. The van der Waals surface area contributed by atoms with Crippen molar-refractivity contribution in [3.63, 3.8) is 0 Å². The molecule has 2 atom stereocenters. The Hall–Kier alpha value is -2.08. The number of carbonyl (C=O) groups is 2. The van der Waals surface area contributed by atoms with Crippen molar-refractivity contribution >= 4 is 11.9 Å². The topological polar surface area (TPSA) is 73.9 Å². The van der Waals surface area contributed by atoms with Gasteiger partial charge in [-0.05, 0) is 37.5 Å². The fourth-order valence-electron chi connectivity index (χ4n) is 2.74. The molecule has 0 aromatic heterocycles. The first kappa shape index (κ1) is 21.0. The van der Waals surface area contributed by atoms with E-state index in [9.17, 15) is 9.59 Å². The fourth-order valence-corrected chi connectivity index (χ4v) is 2.74. The summed E-state index contributed by atoms with van der Waals surface area (Å²) in [5.41, 5.74) is -0.0458. The van der Waals surface area contributed by atoms with Gasteiger partial charge in [-0.25, -0.2) is 0 Å². The van der Waals surface area contributed by atoms with Crippen molar-refractivity contribution in [3.05, 3.63) is 29.8 Å². The van der Waals surface area contributed by atoms with Crippen molar-refractivity contribution in [2.24, 2.45) is 11.3 Å². The zero-order chi connectivity index (χ0) is 19.2. The molecule has 0 unspecified atom stereocenters. The third-order valence-electron chi connectivity index (χ3n) is 4.35. The first-order chi connectivity index (χ1) is 11.7. The molecule has 6 nitrogen and oxygen atoms in total. The van der Waals surface area contributed by atoms with Gasteiger partial charge in [0.15, 0.2) is 0 Å². The van der Waals surface area contributed by atoms with Gasteiger partial charge in [0.25, 0.3) is 0 Å². The maximum atomic E-state index is 12.4. The first-order valence-electron chi connectivity index (χ1n) is 8.25. The van der Waals surface area contributed by atoms with E-state index in [4.69, 9.17) is 14.2 Å². The van der Waals surface area contributed by atoms with E-state index in [0.29, 0.717) is 5.75 Å². The van der Waals surface area contributed by atoms with Gasteiger partial charge in [-0.15, -0.1) is 0 Å². The van der Waals surface area contributed by atoms with E-state index in [1.165, 1.54) is 14.2 Å². The average molecular weight is 351 g/mol. The Morgan fingerprint density at radius 1 is 1.00 bits per heavy atom. The highest BCUT2D eigenvalue weighted by Crippen LogP contribution is 2.36. The molecule has 25 heavy (non-hydrogen) atoms. The molecular weight excluding hydrogens is 322 g/mol. The van der Waals surface area contributed by atoms with E-state index >= 15 is 0 Å². The summed E-state index contributed by atoms with van der Waals surface area (Å²) in [6.07, 6.45) is 0. The Morgan fingerprint density at radius 2 is 1.56 bits per heavy atom. The van der Waals surface area contributed by atoms with E-state index in [-0.39, 0.29) is 17.9 Å². The second kappa shape index (κ2) is 8.85. The fraction of sp³-hybridized carbons (Fsp3) is 0.579. The summed E-state index contributed by atoms with van der Waals surface area (Å²) < 4.78 is 15.1. The summed E-state index contributed by atoms with van der Waals surface area (Å²) in [7, 11) is 4.30. The predicted molar refractivity (Wildman–Crippen MR) is 95.3 cm³/mol. The Kier molecular flexibility index (Phi) is 7.42. The van der Waals surface area contributed by atoms with Gasteiger partial charge >= 0.3 is 11.9 Å². The Labute approximate surface area is 149 Å². The first-order valence-corrected chi connectivity index (χ1v) is 8.25. The molecular formula is C19H29NO5. The summed E-state index contributed by atoms with van der Waals surface area (Å²) in [4.78, 5) is 24.5. The molecule has 0 aliphatic carbocycles. The zero-order valence-electron chi connectivity index (χ0n) is 16.1. The maximum Gasteiger partial charge on any atom is 0.323 e. The third-order valence-corrected chi connectivity index (χ3v) is 4.35. The van der Waals surface area contributed by atoms with Gasteiger partial charge in [0, 0.05) is 6.04 Å². The van der Waals surface area contributed by atoms with Crippen LogP contribution in [-0.4, -0.2) is 39.3 Å². The molecule has 0 heterocycles. The smallest absolute Gasteiger partial charge is 0.323 e. The number of ether oxygens (including phenoxy) is 3. The van der Waals surface area contributed by atoms with Crippen LogP contribution in [0, 0.1) is 11.3 Å². The quantitative estimate of drug-likeness (QED) is 0.726. The lowest BCUT2D eigenvalue weighted by molar-refractivity contribution is -0.154. The van der Waals surface area contributed by atoms with Crippen molar-refractivity contribution in [2.45, 2.75) is 39.8 Å². The van der Waals surface area contributed by atoms with E-state index in [1.807, 2.05) is 38.1 Å². The molecule has 0 radical (unpaired) electrons. The van der Waals surface area contributed by atoms with E-state index in [0.717, 1.165) is 5.56 Å². The van der Waals surface area contributed by atoms with Crippen molar-refractivity contribution < 1.29 is 23.8 Å². The van der Waals surface area contributed by atoms with Crippen molar-refractivity contribution in [1.29, 1.82) is 0 Å². The zero-order valence-corrected chi connectivity index (χ0v) is 16.1. The predicted octanol–water partition coefficient (Wildman–Crippen LogP) is 2.72. The van der Waals surface area contributed by atoms with Crippen LogP contribution in [0.4, 0.5) is 0 Å². The highest BCUT2D eigenvalue weighted by molar-refractivity contribution is 5.78. The van der Waals surface area contributed by atoms with Crippen LogP contribution in [0.3, 0.4) is 0 Å². The van der Waals surface area contributed by atoms with Gasteiger partial charge < -0.3 is 14.2 Å². The molecule has 0 spiro atoms. The van der Waals surface area contributed by atoms with Gasteiger partial charge in [0.1, 0.15) is 11.8 Å². The standard InChI is InChI=1S/C19H29NO5/c1-12(2)15(17(21)24-6)20-16(19(3,4)18(22)25-7)13-8-10-14(23-5)11-9-13/h8-12,15-16,20H,1-7H3/t15-,16-/m0/s1. The number of rotatable bonds is 8. The molecule has 1 rings (SSSR count). The molecule has 0 aliphatic heterocycles. The molecule has 1 aromatic rings. The molecule has 1 aromatic carbocycles. The number of nitrogens with one attached hydrogen (secondary N) is 1. The van der Waals surface area contributed by atoms with Crippen LogP contribution in [-0.2, 0) is 19.1 Å². The summed E-state index contributed by atoms with van der Waals surface area (Å²) in [5.74, 6) is -0.0317. The SMILES string of the molecule is COC(=O)[C@@H](N[C@@H](c1ccc(OC)cc1)C(C)(C)C(=O)OC)C(C)C. The van der Waals surface area contributed by atoms with Crippen LogP contribution >= 0.6 is 0 Å². The van der Waals surface area contributed by atoms with Gasteiger partial charge in [0.2, 0.25) is 0 Å². The van der Waals surface area contributed by atoms with Crippen molar-refractivity contribution in [1.82, 2.24) is 5.32 Å². The monoisotopic (exact) mass is 351 g/mol. The minimum atomic E-state index is -0.898. The minimum absolute atomic E-state index is 0.0124.